The molecule has 15 heavy (non-hydrogen) atoms. The number of aromatic nitrogens is 1. The summed E-state index contributed by atoms with van der Waals surface area (Å²) < 4.78 is 1.51. The van der Waals surface area contributed by atoms with Crippen molar-refractivity contribution in [2.75, 3.05) is 5.75 Å². The van der Waals surface area contributed by atoms with Crippen LogP contribution >= 0.6 is 28.6 Å². The number of nitro groups is 1. The SMILES string of the molecule is Cc1c([N+](=O)[O-])cn(CCS)c(=O)c1Br. The van der Waals surface area contributed by atoms with Crippen molar-refractivity contribution in [2.45, 2.75) is 13.5 Å². The Morgan fingerprint density at radius 1 is 1.67 bits per heavy atom. The zero-order valence-electron chi connectivity index (χ0n) is 7.94. The molecule has 0 radical (unpaired) electrons. The lowest BCUT2D eigenvalue weighted by molar-refractivity contribution is -0.386. The van der Waals surface area contributed by atoms with Crippen molar-refractivity contribution in [1.82, 2.24) is 4.57 Å². The highest BCUT2D eigenvalue weighted by Crippen LogP contribution is 2.21. The van der Waals surface area contributed by atoms with Gasteiger partial charge in [-0.05, 0) is 22.9 Å². The molecule has 0 aliphatic heterocycles. The van der Waals surface area contributed by atoms with Crippen LogP contribution in [0.25, 0.3) is 0 Å². The average molecular weight is 293 g/mol. The number of hydrogen-bond donors (Lipinski definition) is 1. The smallest absolute Gasteiger partial charge is 0.289 e. The van der Waals surface area contributed by atoms with Crippen LogP contribution in [0.15, 0.2) is 15.5 Å². The summed E-state index contributed by atoms with van der Waals surface area (Å²) in [5, 5.41) is 10.7. The molecule has 0 bridgehead atoms. The Bertz CT molecular complexity index is 458. The van der Waals surface area contributed by atoms with Crippen molar-refractivity contribution in [3.8, 4) is 0 Å². The summed E-state index contributed by atoms with van der Waals surface area (Å²) in [4.78, 5) is 21.8. The second kappa shape index (κ2) is 4.80. The van der Waals surface area contributed by atoms with E-state index < -0.39 is 4.92 Å². The first kappa shape index (κ1) is 12.3. The highest BCUT2D eigenvalue weighted by Gasteiger charge is 2.17. The van der Waals surface area contributed by atoms with Crippen LogP contribution < -0.4 is 5.56 Å². The molecule has 82 valence electrons. The van der Waals surface area contributed by atoms with E-state index in [1.807, 2.05) is 0 Å². The first-order valence-electron chi connectivity index (χ1n) is 4.13. The molecular weight excluding hydrogens is 284 g/mol. The molecule has 0 aliphatic rings. The molecule has 0 saturated carbocycles. The summed E-state index contributed by atoms with van der Waals surface area (Å²) in [5.41, 5.74) is 0.0100. The number of halogens is 1. The lowest BCUT2D eigenvalue weighted by Crippen LogP contribution is -2.22. The lowest BCUT2D eigenvalue weighted by Gasteiger charge is -2.06. The van der Waals surface area contributed by atoms with Gasteiger partial charge < -0.3 is 4.57 Å². The summed E-state index contributed by atoms with van der Waals surface area (Å²) in [5.74, 6) is 0.451. The van der Waals surface area contributed by atoms with E-state index in [2.05, 4.69) is 28.6 Å². The molecular formula is C8H9BrN2O3S. The Hall–Kier alpha value is -0.820. The maximum Gasteiger partial charge on any atom is 0.289 e. The molecule has 1 rings (SSSR count). The first-order chi connectivity index (χ1) is 6.99. The van der Waals surface area contributed by atoms with Crippen LogP contribution in [0, 0.1) is 17.0 Å². The first-order valence-corrected chi connectivity index (χ1v) is 5.56. The van der Waals surface area contributed by atoms with E-state index in [1.165, 1.54) is 17.7 Å². The van der Waals surface area contributed by atoms with E-state index in [4.69, 9.17) is 0 Å². The van der Waals surface area contributed by atoms with Crippen molar-refractivity contribution < 1.29 is 4.92 Å². The molecule has 0 unspecified atom stereocenters. The quantitative estimate of drug-likeness (QED) is 0.524. The fourth-order valence-corrected chi connectivity index (χ4v) is 1.81. The highest BCUT2D eigenvalue weighted by molar-refractivity contribution is 9.10. The number of hydrogen-bond acceptors (Lipinski definition) is 4. The molecule has 0 aliphatic carbocycles. The Labute approximate surface area is 99.8 Å². The summed E-state index contributed by atoms with van der Waals surface area (Å²) >= 11 is 7.04. The van der Waals surface area contributed by atoms with Gasteiger partial charge in [0.15, 0.2) is 0 Å². The van der Waals surface area contributed by atoms with Crippen molar-refractivity contribution in [2.24, 2.45) is 0 Å². The third-order valence-corrected chi connectivity index (χ3v) is 3.11. The standard InChI is InChI=1S/C8H9BrN2O3S/c1-5-6(11(13)14)4-10(2-3-15)8(12)7(5)9/h4,15H,2-3H2,1H3. The maximum absolute atomic E-state index is 11.6. The van der Waals surface area contributed by atoms with Crippen LogP contribution in [0.1, 0.15) is 5.56 Å². The summed E-state index contributed by atoms with van der Waals surface area (Å²) in [6, 6.07) is 0. The van der Waals surface area contributed by atoms with Gasteiger partial charge in [-0.15, -0.1) is 0 Å². The molecule has 1 aromatic rings. The molecule has 0 atom stereocenters. The van der Waals surface area contributed by atoms with Gasteiger partial charge in [0.25, 0.3) is 11.2 Å². The van der Waals surface area contributed by atoms with E-state index in [0.29, 0.717) is 17.9 Å². The molecule has 1 heterocycles. The average Bonchev–Trinajstić information content (AvgIpc) is 2.18. The minimum Gasteiger partial charge on any atom is -0.307 e. The van der Waals surface area contributed by atoms with Gasteiger partial charge in [-0.1, -0.05) is 0 Å². The monoisotopic (exact) mass is 292 g/mol. The van der Waals surface area contributed by atoms with Gasteiger partial charge in [0.2, 0.25) is 0 Å². The Balaban J connectivity index is 3.45. The number of rotatable bonds is 3. The van der Waals surface area contributed by atoms with Gasteiger partial charge in [0.05, 0.1) is 15.6 Å². The van der Waals surface area contributed by atoms with Crippen molar-refractivity contribution in [3.63, 3.8) is 0 Å². The van der Waals surface area contributed by atoms with Crippen molar-refractivity contribution in [3.05, 3.63) is 36.7 Å². The lowest BCUT2D eigenvalue weighted by atomic mass is 10.2. The highest BCUT2D eigenvalue weighted by atomic mass is 79.9. The van der Waals surface area contributed by atoms with Gasteiger partial charge in [0, 0.05) is 17.9 Å². The van der Waals surface area contributed by atoms with Crippen molar-refractivity contribution in [1.29, 1.82) is 0 Å². The van der Waals surface area contributed by atoms with E-state index >= 15 is 0 Å². The zero-order chi connectivity index (χ0) is 11.6. The Kier molecular flexibility index (Phi) is 3.92. The minimum absolute atomic E-state index is 0.0664. The van der Waals surface area contributed by atoms with Crippen LogP contribution in [-0.2, 0) is 6.54 Å². The van der Waals surface area contributed by atoms with E-state index in [1.54, 1.807) is 0 Å². The maximum atomic E-state index is 11.6. The van der Waals surface area contributed by atoms with Crippen LogP contribution in [0.5, 0.6) is 0 Å². The van der Waals surface area contributed by atoms with Gasteiger partial charge in [-0.3, -0.25) is 14.9 Å². The van der Waals surface area contributed by atoms with Gasteiger partial charge >= 0.3 is 0 Å². The molecule has 0 N–H and O–H groups in total. The van der Waals surface area contributed by atoms with Crippen molar-refractivity contribution >= 4 is 34.2 Å². The fourth-order valence-electron chi connectivity index (χ4n) is 1.16. The predicted octanol–water partition coefficient (Wildman–Crippen LogP) is 1.76. The van der Waals surface area contributed by atoms with Crippen LogP contribution in [-0.4, -0.2) is 15.2 Å². The molecule has 0 spiro atoms. The Morgan fingerprint density at radius 3 is 2.73 bits per heavy atom. The summed E-state index contributed by atoms with van der Waals surface area (Å²) in [6.45, 7) is 1.89. The molecule has 1 aromatic heterocycles. The van der Waals surface area contributed by atoms with Crippen LogP contribution in [0.3, 0.4) is 0 Å². The number of pyridine rings is 1. The largest absolute Gasteiger partial charge is 0.307 e. The van der Waals surface area contributed by atoms with E-state index in [9.17, 15) is 14.9 Å². The molecule has 0 saturated heterocycles. The summed E-state index contributed by atoms with van der Waals surface area (Å²) in [6.07, 6.45) is 1.25. The zero-order valence-corrected chi connectivity index (χ0v) is 10.4. The molecule has 0 fully saturated rings. The van der Waals surface area contributed by atoms with Gasteiger partial charge in [-0.25, -0.2) is 0 Å². The van der Waals surface area contributed by atoms with Gasteiger partial charge in [0.1, 0.15) is 0 Å². The number of thiol groups is 1. The third kappa shape index (κ3) is 2.40. The molecule has 7 heteroatoms. The third-order valence-electron chi connectivity index (χ3n) is 1.98. The number of aryl methyl sites for hydroxylation is 1. The normalized spacial score (nSPS) is 10.3. The van der Waals surface area contributed by atoms with E-state index in [0.717, 1.165) is 0 Å². The van der Waals surface area contributed by atoms with Crippen LogP contribution in [0.4, 0.5) is 5.69 Å². The number of nitrogens with zero attached hydrogens (tertiary/aromatic N) is 2. The predicted molar refractivity (Wildman–Crippen MR) is 63.6 cm³/mol. The topological polar surface area (TPSA) is 65.1 Å². The second-order valence-corrected chi connectivity index (χ2v) is 4.17. The van der Waals surface area contributed by atoms with E-state index in [-0.39, 0.29) is 15.7 Å². The fraction of sp³-hybridized carbons (Fsp3) is 0.375. The minimum atomic E-state index is -0.505. The molecule has 0 amide bonds. The molecule has 5 nitrogen and oxygen atoms in total. The Morgan fingerprint density at radius 2 is 2.27 bits per heavy atom. The van der Waals surface area contributed by atoms with Gasteiger partial charge in [-0.2, -0.15) is 12.6 Å². The summed E-state index contributed by atoms with van der Waals surface area (Å²) in [7, 11) is 0. The van der Waals surface area contributed by atoms with Crippen LogP contribution in [0.2, 0.25) is 0 Å². The second-order valence-electron chi connectivity index (χ2n) is 2.93. The molecule has 0 aromatic carbocycles.